The minimum absolute atomic E-state index is 0.0269. The van der Waals surface area contributed by atoms with Crippen LogP contribution in [-0.4, -0.2) is 53.5 Å². The Morgan fingerprint density at radius 2 is 1.92 bits per heavy atom. The number of fused-ring (bicyclic) bond motifs is 1. The van der Waals surface area contributed by atoms with Gasteiger partial charge in [-0.1, -0.05) is 6.07 Å². The van der Waals surface area contributed by atoms with Crippen LogP contribution in [0.3, 0.4) is 0 Å². The average Bonchev–Trinajstić information content (AvgIpc) is 2.67. The molecule has 1 aromatic heterocycles. The second kappa shape index (κ2) is 7.51. The quantitative estimate of drug-likeness (QED) is 0.844. The summed E-state index contributed by atoms with van der Waals surface area (Å²) in [5.74, 6) is -0.293. The minimum Gasteiger partial charge on any atom is -0.379 e. The molecule has 0 spiro atoms. The zero-order valence-corrected chi connectivity index (χ0v) is 14.7. The molecule has 6 heteroatoms. The van der Waals surface area contributed by atoms with Crippen LogP contribution in [0.4, 0.5) is 4.39 Å². The Morgan fingerprint density at radius 3 is 2.77 bits per heavy atom. The van der Waals surface area contributed by atoms with Crippen LogP contribution in [0, 0.1) is 5.82 Å². The smallest absolute Gasteiger partial charge is 0.256 e. The second-order valence-electron chi connectivity index (χ2n) is 6.78. The van der Waals surface area contributed by atoms with Gasteiger partial charge in [0.25, 0.3) is 5.91 Å². The van der Waals surface area contributed by atoms with Gasteiger partial charge in [0, 0.05) is 45.3 Å². The summed E-state index contributed by atoms with van der Waals surface area (Å²) in [6.45, 7) is 4.98. The summed E-state index contributed by atoms with van der Waals surface area (Å²) >= 11 is 0. The summed E-state index contributed by atoms with van der Waals surface area (Å²) in [5.41, 5.74) is 3.45. The van der Waals surface area contributed by atoms with Crippen LogP contribution in [0.25, 0.3) is 0 Å². The molecule has 26 heavy (non-hydrogen) atoms. The molecule has 0 unspecified atom stereocenters. The van der Waals surface area contributed by atoms with E-state index in [2.05, 4.69) is 9.88 Å². The van der Waals surface area contributed by atoms with Crippen molar-refractivity contribution < 1.29 is 13.9 Å². The van der Waals surface area contributed by atoms with Crippen LogP contribution in [-0.2, 0) is 24.2 Å². The third-order valence-electron chi connectivity index (χ3n) is 5.05. The van der Waals surface area contributed by atoms with E-state index in [4.69, 9.17) is 4.74 Å². The van der Waals surface area contributed by atoms with Crippen molar-refractivity contribution in [3.05, 3.63) is 64.7 Å². The van der Waals surface area contributed by atoms with E-state index < -0.39 is 0 Å². The van der Waals surface area contributed by atoms with Crippen molar-refractivity contribution in [3.8, 4) is 0 Å². The lowest BCUT2D eigenvalue weighted by molar-refractivity contribution is 0.0339. The number of rotatable bonds is 4. The first-order chi connectivity index (χ1) is 12.7. The summed E-state index contributed by atoms with van der Waals surface area (Å²) in [6, 6.07) is 8.49. The number of carbonyl (C=O) groups is 1. The zero-order chi connectivity index (χ0) is 17.9. The number of benzene rings is 1. The van der Waals surface area contributed by atoms with Crippen LogP contribution in [0.5, 0.6) is 0 Å². The van der Waals surface area contributed by atoms with Crippen molar-refractivity contribution in [2.45, 2.75) is 19.5 Å². The highest BCUT2D eigenvalue weighted by Crippen LogP contribution is 2.22. The molecule has 3 heterocycles. The Hall–Kier alpha value is -2.31. The van der Waals surface area contributed by atoms with E-state index in [1.165, 1.54) is 6.07 Å². The average molecular weight is 355 g/mol. The molecule has 1 fully saturated rings. The lowest BCUT2D eigenvalue weighted by atomic mass is 10.0. The van der Waals surface area contributed by atoms with Crippen molar-refractivity contribution in [3.63, 3.8) is 0 Å². The third-order valence-corrected chi connectivity index (χ3v) is 5.05. The highest BCUT2D eigenvalue weighted by atomic mass is 19.1. The van der Waals surface area contributed by atoms with Gasteiger partial charge in [0.2, 0.25) is 0 Å². The number of morpholine rings is 1. The second-order valence-corrected chi connectivity index (χ2v) is 6.78. The summed E-state index contributed by atoms with van der Waals surface area (Å²) in [5, 5.41) is 0. The first-order valence-corrected chi connectivity index (χ1v) is 9.01. The summed E-state index contributed by atoms with van der Waals surface area (Å²) in [7, 11) is 0. The number of ether oxygens (including phenoxy) is 1. The van der Waals surface area contributed by atoms with Gasteiger partial charge in [0.05, 0.1) is 24.5 Å². The van der Waals surface area contributed by atoms with E-state index in [1.54, 1.807) is 23.2 Å². The van der Waals surface area contributed by atoms with Crippen LogP contribution >= 0.6 is 0 Å². The molecule has 0 saturated carbocycles. The van der Waals surface area contributed by atoms with Gasteiger partial charge in [-0.05, 0) is 35.4 Å². The molecule has 1 aromatic carbocycles. The number of hydrogen-bond donors (Lipinski definition) is 0. The van der Waals surface area contributed by atoms with Crippen LogP contribution in [0.1, 0.15) is 27.2 Å². The molecule has 1 saturated heterocycles. The van der Waals surface area contributed by atoms with Gasteiger partial charge >= 0.3 is 0 Å². The van der Waals surface area contributed by atoms with E-state index in [1.807, 2.05) is 12.1 Å². The van der Waals surface area contributed by atoms with E-state index >= 15 is 0 Å². The predicted octanol–water partition coefficient (Wildman–Crippen LogP) is 2.25. The Labute approximate surface area is 152 Å². The molecular formula is C20H22FN3O2. The first kappa shape index (κ1) is 17.1. The molecule has 0 aliphatic carbocycles. The van der Waals surface area contributed by atoms with Crippen molar-refractivity contribution >= 4 is 5.91 Å². The first-order valence-electron chi connectivity index (χ1n) is 9.01. The topological polar surface area (TPSA) is 45.7 Å². The molecule has 1 amide bonds. The molecule has 0 bridgehead atoms. The summed E-state index contributed by atoms with van der Waals surface area (Å²) < 4.78 is 19.3. The Morgan fingerprint density at radius 1 is 1.08 bits per heavy atom. The highest BCUT2D eigenvalue weighted by molar-refractivity contribution is 5.96. The number of aromatic nitrogens is 1. The maximum Gasteiger partial charge on any atom is 0.256 e. The number of amides is 1. The van der Waals surface area contributed by atoms with Crippen molar-refractivity contribution in [1.82, 2.24) is 14.8 Å². The van der Waals surface area contributed by atoms with E-state index in [0.29, 0.717) is 18.7 Å². The van der Waals surface area contributed by atoms with Gasteiger partial charge in [0.1, 0.15) is 5.82 Å². The van der Waals surface area contributed by atoms with E-state index in [-0.39, 0.29) is 11.7 Å². The van der Waals surface area contributed by atoms with Gasteiger partial charge in [0.15, 0.2) is 0 Å². The number of nitrogens with zero attached hydrogens (tertiary/aromatic N) is 3. The molecule has 0 radical (unpaired) electrons. The van der Waals surface area contributed by atoms with Gasteiger partial charge in [-0.25, -0.2) is 4.39 Å². The molecule has 4 rings (SSSR count). The van der Waals surface area contributed by atoms with Crippen molar-refractivity contribution in [2.75, 3.05) is 32.8 Å². The molecule has 2 aromatic rings. The summed E-state index contributed by atoms with van der Waals surface area (Å²) in [4.78, 5) is 21.2. The number of carbonyl (C=O) groups excluding carboxylic acids is 1. The lowest BCUT2D eigenvalue weighted by Gasteiger charge is -2.30. The molecule has 0 atom stereocenters. The molecule has 0 N–H and O–H groups in total. The predicted molar refractivity (Wildman–Crippen MR) is 95.2 cm³/mol. The standard InChI is InChI=1S/C20H22FN3O2/c21-17-4-3-15(13-23-8-10-26-11-9-23)16(12-17)14-24-7-5-19-18(20(24)25)2-1-6-22-19/h1-4,6,12H,5,7-11,13-14H2. The molecular weight excluding hydrogens is 333 g/mol. The molecule has 2 aliphatic rings. The van der Waals surface area contributed by atoms with E-state index in [9.17, 15) is 9.18 Å². The van der Waals surface area contributed by atoms with Crippen LogP contribution < -0.4 is 0 Å². The number of halogens is 1. The third kappa shape index (κ3) is 3.61. The Balaban J connectivity index is 1.54. The molecule has 136 valence electrons. The lowest BCUT2D eigenvalue weighted by Crippen LogP contribution is -2.38. The van der Waals surface area contributed by atoms with Crippen molar-refractivity contribution in [1.29, 1.82) is 0 Å². The molecule has 5 nitrogen and oxygen atoms in total. The monoisotopic (exact) mass is 355 g/mol. The zero-order valence-electron chi connectivity index (χ0n) is 14.7. The van der Waals surface area contributed by atoms with Crippen molar-refractivity contribution in [2.24, 2.45) is 0 Å². The van der Waals surface area contributed by atoms with Crippen LogP contribution in [0.2, 0.25) is 0 Å². The normalized spacial score (nSPS) is 18.0. The number of hydrogen-bond acceptors (Lipinski definition) is 4. The fourth-order valence-electron chi connectivity index (χ4n) is 3.60. The fourth-order valence-corrected chi connectivity index (χ4v) is 3.60. The Bertz CT molecular complexity index is 805. The minimum atomic E-state index is -0.266. The number of pyridine rings is 1. The molecule has 2 aliphatic heterocycles. The fraction of sp³-hybridized carbons (Fsp3) is 0.400. The van der Waals surface area contributed by atoms with Gasteiger partial charge in [-0.2, -0.15) is 0 Å². The highest BCUT2D eigenvalue weighted by Gasteiger charge is 2.25. The van der Waals surface area contributed by atoms with Gasteiger partial charge in [-0.3, -0.25) is 14.7 Å². The van der Waals surface area contributed by atoms with Gasteiger partial charge in [-0.15, -0.1) is 0 Å². The maximum absolute atomic E-state index is 13.9. The largest absolute Gasteiger partial charge is 0.379 e. The van der Waals surface area contributed by atoms with Gasteiger partial charge < -0.3 is 9.64 Å². The summed E-state index contributed by atoms with van der Waals surface area (Å²) in [6.07, 6.45) is 2.45. The Kier molecular flexibility index (Phi) is 4.95. The maximum atomic E-state index is 13.9. The van der Waals surface area contributed by atoms with E-state index in [0.717, 1.165) is 56.1 Å². The van der Waals surface area contributed by atoms with Crippen LogP contribution in [0.15, 0.2) is 36.5 Å². The SMILES string of the molecule is O=C1c2cccnc2CCN1Cc1cc(F)ccc1CN1CCOCC1.